The number of amides is 4. The van der Waals surface area contributed by atoms with Crippen molar-refractivity contribution in [3.05, 3.63) is 35.4 Å². The van der Waals surface area contributed by atoms with Gasteiger partial charge in [0.1, 0.15) is 17.7 Å². The summed E-state index contributed by atoms with van der Waals surface area (Å²) in [6.45, 7) is 12.7. The zero-order chi connectivity index (χ0) is 27.3. The van der Waals surface area contributed by atoms with E-state index in [2.05, 4.69) is 10.6 Å². The molecule has 1 aliphatic rings. The number of nitrogens with two attached hydrogens (primary N) is 1. The van der Waals surface area contributed by atoms with Crippen molar-refractivity contribution in [2.24, 2.45) is 5.73 Å². The lowest BCUT2D eigenvalue weighted by Crippen LogP contribution is -2.58. The minimum Gasteiger partial charge on any atom is -0.444 e. The highest BCUT2D eigenvalue weighted by Crippen LogP contribution is 2.35. The van der Waals surface area contributed by atoms with Gasteiger partial charge in [-0.3, -0.25) is 14.4 Å². The van der Waals surface area contributed by atoms with Crippen LogP contribution in [0.4, 0.5) is 4.79 Å². The number of ether oxygens (including phenoxy) is 1. The average Bonchev–Trinajstić information content (AvgIpc) is 2.67. The number of alkyl carbamates (subject to hydrolysis) is 1. The second-order valence-electron chi connectivity index (χ2n) is 11.5. The largest absolute Gasteiger partial charge is 0.444 e. The van der Waals surface area contributed by atoms with Gasteiger partial charge in [0.15, 0.2) is 0 Å². The summed E-state index contributed by atoms with van der Waals surface area (Å²) in [4.78, 5) is 53.6. The van der Waals surface area contributed by atoms with Crippen LogP contribution in [-0.2, 0) is 19.1 Å². The highest BCUT2D eigenvalue weighted by Gasteiger charge is 2.43. The number of nitrogens with zero attached hydrogens (tertiary/aromatic N) is 1. The SMILES string of the molecule is Cc1ccccc1C(C(=O)NC(C)(C)C)N(C(=O)C(CCC(N)=O)NC(=O)OC(C)(C)C)C1CCC1. The number of hydrogen-bond donors (Lipinski definition) is 3. The number of nitrogens with one attached hydrogen (secondary N) is 2. The minimum atomic E-state index is -1.08. The van der Waals surface area contributed by atoms with Crippen molar-refractivity contribution in [3.8, 4) is 0 Å². The molecule has 200 valence electrons. The first-order valence-corrected chi connectivity index (χ1v) is 12.6. The van der Waals surface area contributed by atoms with Gasteiger partial charge in [0.25, 0.3) is 0 Å². The highest BCUT2D eigenvalue weighted by molar-refractivity contribution is 5.93. The van der Waals surface area contributed by atoms with Crippen LogP contribution in [0.5, 0.6) is 0 Å². The molecule has 1 aromatic carbocycles. The summed E-state index contributed by atoms with van der Waals surface area (Å²) in [5.74, 6) is -1.33. The Morgan fingerprint density at radius 2 is 1.69 bits per heavy atom. The summed E-state index contributed by atoms with van der Waals surface area (Å²) in [5, 5.41) is 5.65. The third-order valence-corrected chi connectivity index (χ3v) is 5.90. The molecule has 0 aliphatic heterocycles. The lowest BCUT2D eigenvalue weighted by Gasteiger charge is -2.44. The van der Waals surface area contributed by atoms with E-state index in [1.165, 1.54) is 0 Å². The molecule has 2 rings (SSSR count). The van der Waals surface area contributed by atoms with Gasteiger partial charge in [0.2, 0.25) is 17.7 Å². The maximum Gasteiger partial charge on any atom is 0.408 e. The molecule has 1 fully saturated rings. The van der Waals surface area contributed by atoms with E-state index in [0.717, 1.165) is 24.8 Å². The Morgan fingerprint density at radius 1 is 1.08 bits per heavy atom. The van der Waals surface area contributed by atoms with Gasteiger partial charge in [-0.2, -0.15) is 0 Å². The molecule has 4 N–H and O–H groups in total. The van der Waals surface area contributed by atoms with E-state index in [1.807, 2.05) is 52.0 Å². The molecule has 0 spiro atoms. The van der Waals surface area contributed by atoms with Crippen molar-refractivity contribution in [2.45, 2.75) is 110 Å². The van der Waals surface area contributed by atoms with Crippen molar-refractivity contribution in [2.75, 3.05) is 0 Å². The molecule has 36 heavy (non-hydrogen) atoms. The average molecular weight is 503 g/mol. The number of carbonyl (C=O) groups is 4. The van der Waals surface area contributed by atoms with Gasteiger partial charge in [-0.05, 0) is 85.3 Å². The lowest BCUT2D eigenvalue weighted by molar-refractivity contribution is -0.148. The van der Waals surface area contributed by atoms with Crippen LogP contribution in [0.2, 0.25) is 0 Å². The van der Waals surface area contributed by atoms with Gasteiger partial charge < -0.3 is 26.0 Å². The maximum absolute atomic E-state index is 14.1. The zero-order valence-corrected chi connectivity index (χ0v) is 22.6. The molecule has 1 aliphatic carbocycles. The fourth-order valence-electron chi connectivity index (χ4n) is 4.11. The van der Waals surface area contributed by atoms with Crippen LogP contribution >= 0.6 is 0 Å². The van der Waals surface area contributed by atoms with Crippen molar-refractivity contribution in [1.82, 2.24) is 15.5 Å². The molecule has 1 saturated carbocycles. The van der Waals surface area contributed by atoms with Gasteiger partial charge in [0.05, 0.1) is 0 Å². The van der Waals surface area contributed by atoms with Crippen molar-refractivity contribution in [3.63, 3.8) is 0 Å². The predicted molar refractivity (Wildman–Crippen MR) is 138 cm³/mol. The predicted octanol–water partition coefficient (Wildman–Crippen LogP) is 3.49. The molecular formula is C27H42N4O5. The summed E-state index contributed by atoms with van der Waals surface area (Å²) < 4.78 is 5.37. The van der Waals surface area contributed by atoms with E-state index in [-0.39, 0.29) is 24.8 Å². The molecule has 0 radical (unpaired) electrons. The van der Waals surface area contributed by atoms with E-state index >= 15 is 0 Å². The molecule has 0 aromatic heterocycles. The standard InChI is InChI=1S/C27H42N4O5/c1-17-11-8-9-14-19(17)22(23(33)30-26(2,3)4)31(18-12-10-13-18)24(34)20(15-16-21(28)32)29-25(35)36-27(5,6)7/h8-9,11,14,18,20,22H,10,12-13,15-16H2,1-7H3,(H2,28,32)(H,29,35)(H,30,33). The third-order valence-electron chi connectivity index (χ3n) is 5.90. The van der Waals surface area contributed by atoms with Crippen LogP contribution in [0, 0.1) is 6.92 Å². The Bertz CT molecular complexity index is 960. The zero-order valence-electron chi connectivity index (χ0n) is 22.6. The molecule has 9 nitrogen and oxygen atoms in total. The second-order valence-corrected chi connectivity index (χ2v) is 11.5. The fraction of sp³-hybridized carbons (Fsp3) is 0.630. The Hall–Kier alpha value is -3.10. The van der Waals surface area contributed by atoms with Crippen LogP contribution in [0.1, 0.15) is 90.8 Å². The molecule has 0 heterocycles. The fourth-order valence-corrected chi connectivity index (χ4v) is 4.11. The molecule has 0 saturated heterocycles. The molecule has 2 unspecified atom stereocenters. The first kappa shape index (κ1) is 29.1. The van der Waals surface area contributed by atoms with Crippen LogP contribution < -0.4 is 16.4 Å². The number of aryl methyl sites for hydroxylation is 1. The van der Waals surface area contributed by atoms with Gasteiger partial charge in [-0.15, -0.1) is 0 Å². The Kier molecular flexibility index (Phi) is 9.51. The monoisotopic (exact) mass is 502 g/mol. The van der Waals surface area contributed by atoms with E-state index in [1.54, 1.807) is 25.7 Å². The van der Waals surface area contributed by atoms with Crippen LogP contribution in [0.3, 0.4) is 0 Å². The minimum absolute atomic E-state index is 0.00197. The summed E-state index contributed by atoms with van der Waals surface area (Å²) in [5.41, 5.74) is 5.66. The van der Waals surface area contributed by atoms with E-state index in [4.69, 9.17) is 10.5 Å². The Labute approximate surface area is 214 Å². The van der Waals surface area contributed by atoms with Gasteiger partial charge in [-0.25, -0.2) is 4.79 Å². The Balaban J connectivity index is 2.52. The van der Waals surface area contributed by atoms with Gasteiger partial charge in [0, 0.05) is 18.0 Å². The van der Waals surface area contributed by atoms with Gasteiger partial charge in [-0.1, -0.05) is 24.3 Å². The smallest absolute Gasteiger partial charge is 0.408 e. The Morgan fingerprint density at radius 3 is 2.17 bits per heavy atom. The van der Waals surface area contributed by atoms with Crippen LogP contribution in [-0.4, -0.2) is 51.9 Å². The van der Waals surface area contributed by atoms with Crippen molar-refractivity contribution >= 4 is 23.8 Å². The molecule has 4 amide bonds. The van der Waals surface area contributed by atoms with E-state index < -0.39 is 41.1 Å². The number of rotatable bonds is 9. The summed E-state index contributed by atoms with van der Waals surface area (Å²) in [6.07, 6.45) is 1.54. The van der Waals surface area contributed by atoms with Crippen LogP contribution in [0.15, 0.2) is 24.3 Å². The van der Waals surface area contributed by atoms with Crippen LogP contribution in [0.25, 0.3) is 0 Å². The first-order chi connectivity index (χ1) is 16.6. The second kappa shape index (κ2) is 11.8. The summed E-state index contributed by atoms with van der Waals surface area (Å²) >= 11 is 0. The number of primary amides is 1. The number of carbonyl (C=O) groups excluding carboxylic acids is 4. The number of hydrogen-bond acceptors (Lipinski definition) is 5. The summed E-state index contributed by atoms with van der Waals surface area (Å²) in [6, 6.07) is 5.31. The summed E-state index contributed by atoms with van der Waals surface area (Å²) in [7, 11) is 0. The topological polar surface area (TPSA) is 131 Å². The van der Waals surface area contributed by atoms with E-state index in [0.29, 0.717) is 5.56 Å². The van der Waals surface area contributed by atoms with Gasteiger partial charge >= 0.3 is 6.09 Å². The molecular weight excluding hydrogens is 460 g/mol. The molecule has 2 atom stereocenters. The molecule has 0 bridgehead atoms. The molecule has 1 aromatic rings. The first-order valence-electron chi connectivity index (χ1n) is 12.6. The van der Waals surface area contributed by atoms with Crippen molar-refractivity contribution in [1.29, 1.82) is 0 Å². The molecule has 9 heteroatoms. The van der Waals surface area contributed by atoms with E-state index in [9.17, 15) is 19.2 Å². The highest BCUT2D eigenvalue weighted by atomic mass is 16.6. The maximum atomic E-state index is 14.1. The lowest BCUT2D eigenvalue weighted by atomic mass is 9.87. The number of benzene rings is 1. The quantitative estimate of drug-likeness (QED) is 0.476. The van der Waals surface area contributed by atoms with Crippen molar-refractivity contribution < 1.29 is 23.9 Å². The third kappa shape index (κ3) is 8.53. The normalized spacial score (nSPS) is 15.8.